The molecule has 0 saturated heterocycles. The molecule has 0 spiro atoms. The number of fused-ring (bicyclic) bond motifs is 2. The maximum Gasteiger partial charge on any atom is 0.341 e. The first-order chi connectivity index (χ1) is 18.4. The van der Waals surface area contributed by atoms with Crippen LogP contribution >= 0.6 is 0 Å². The molecule has 0 amide bonds. The summed E-state index contributed by atoms with van der Waals surface area (Å²) in [6.07, 6.45) is 0. The average Bonchev–Trinajstić information content (AvgIpc) is 3.48. The Hall–Kier alpha value is -4.44. The van der Waals surface area contributed by atoms with E-state index in [1.165, 1.54) is 7.11 Å². The van der Waals surface area contributed by atoms with E-state index in [4.69, 9.17) is 23.7 Å². The predicted octanol–water partition coefficient (Wildman–Crippen LogP) is 3.87. The summed E-state index contributed by atoms with van der Waals surface area (Å²) < 4.78 is 27.9. The summed E-state index contributed by atoms with van der Waals surface area (Å²) in [6.45, 7) is 1.60. The fraction of sp³-hybridized carbons (Fsp3) is 0.286. The minimum absolute atomic E-state index is 0.120. The number of ether oxygens (including phenoxy) is 5. The second-order valence-corrected chi connectivity index (χ2v) is 8.79. The largest absolute Gasteiger partial charge is 0.497 e. The fourth-order valence-electron chi connectivity index (χ4n) is 5.07. The van der Waals surface area contributed by atoms with Crippen molar-refractivity contribution in [2.75, 3.05) is 33.7 Å². The lowest BCUT2D eigenvalue weighted by Crippen LogP contribution is -2.33. The summed E-state index contributed by atoms with van der Waals surface area (Å²) in [5.74, 6) is 0.464. The second kappa shape index (κ2) is 10.5. The molecule has 2 atom stereocenters. The van der Waals surface area contributed by atoms with Gasteiger partial charge in [0, 0.05) is 11.6 Å². The lowest BCUT2D eigenvalue weighted by atomic mass is 9.94. The highest BCUT2D eigenvalue weighted by Crippen LogP contribution is 2.52. The number of benzene rings is 3. The normalized spacial score (nSPS) is 17.6. The van der Waals surface area contributed by atoms with Crippen LogP contribution in [0.3, 0.4) is 0 Å². The number of hydrogen-bond donors (Lipinski definition) is 2. The summed E-state index contributed by atoms with van der Waals surface area (Å²) in [6, 6.07) is 15.3. The first kappa shape index (κ1) is 25.2. The van der Waals surface area contributed by atoms with Gasteiger partial charge in [0.1, 0.15) is 17.2 Å². The van der Waals surface area contributed by atoms with E-state index in [1.54, 1.807) is 18.2 Å². The Labute approximate surface area is 218 Å². The van der Waals surface area contributed by atoms with Crippen molar-refractivity contribution in [3.63, 3.8) is 0 Å². The molecule has 0 saturated carbocycles. The number of rotatable bonds is 10. The van der Waals surface area contributed by atoms with E-state index < -0.39 is 30.6 Å². The third-order valence-corrected chi connectivity index (χ3v) is 6.52. The van der Waals surface area contributed by atoms with Crippen LogP contribution in [0.15, 0.2) is 54.6 Å². The Bertz CT molecular complexity index is 1370. The number of nitrogens with zero attached hydrogens (tertiary/aromatic N) is 1. The summed E-state index contributed by atoms with van der Waals surface area (Å²) in [4.78, 5) is 25.4. The standard InChI is InChI=1S/C28H27NO9/c1-3-35-18-6-7-19-21(11-18)28(20-8-5-17(34-2)12-23(20)36-14-26(32)33)29(13-25(30)31)27(19)16-4-9-22-24(10-16)38-15-37-22/h4-12,27-28H,3,13-15H2,1-2H3,(H,30,31)(H,32,33)/t27-,28+/m1/s1. The van der Waals surface area contributed by atoms with Gasteiger partial charge >= 0.3 is 11.9 Å². The summed E-state index contributed by atoms with van der Waals surface area (Å²) >= 11 is 0. The van der Waals surface area contributed by atoms with Gasteiger partial charge in [0.15, 0.2) is 18.1 Å². The maximum atomic E-state index is 12.2. The lowest BCUT2D eigenvalue weighted by molar-refractivity contribution is -0.139. The van der Waals surface area contributed by atoms with Gasteiger partial charge in [-0.15, -0.1) is 0 Å². The van der Waals surface area contributed by atoms with Crippen LogP contribution in [0, 0.1) is 0 Å². The van der Waals surface area contributed by atoms with Gasteiger partial charge < -0.3 is 33.9 Å². The molecule has 2 aliphatic heterocycles. The number of aliphatic carboxylic acids is 2. The molecule has 38 heavy (non-hydrogen) atoms. The molecule has 2 heterocycles. The highest BCUT2D eigenvalue weighted by Gasteiger charge is 2.43. The van der Waals surface area contributed by atoms with Crippen molar-refractivity contribution < 1.29 is 43.5 Å². The highest BCUT2D eigenvalue weighted by atomic mass is 16.7. The van der Waals surface area contributed by atoms with E-state index >= 15 is 0 Å². The molecule has 0 aliphatic carbocycles. The van der Waals surface area contributed by atoms with Gasteiger partial charge in [0.25, 0.3) is 0 Å². The highest BCUT2D eigenvalue weighted by molar-refractivity contribution is 5.71. The molecule has 10 nitrogen and oxygen atoms in total. The van der Waals surface area contributed by atoms with Gasteiger partial charge in [0.05, 0.1) is 32.3 Å². The van der Waals surface area contributed by atoms with E-state index in [0.717, 1.165) is 16.7 Å². The number of hydrogen-bond acceptors (Lipinski definition) is 8. The van der Waals surface area contributed by atoms with Gasteiger partial charge in [-0.3, -0.25) is 9.69 Å². The summed E-state index contributed by atoms with van der Waals surface area (Å²) in [5.41, 5.74) is 3.14. The van der Waals surface area contributed by atoms with Crippen molar-refractivity contribution >= 4 is 11.9 Å². The molecule has 0 radical (unpaired) electrons. The number of methoxy groups -OCH3 is 1. The number of carboxylic acid groups (broad SMARTS) is 2. The minimum atomic E-state index is -1.13. The zero-order valence-corrected chi connectivity index (χ0v) is 20.9. The van der Waals surface area contributed by atoms with Gasteiger partial charge in [-0.1, -0.05) is 12.1 Å². The minimum Gasteiger partial charge on any atom is -0.497 e. The topological polar surface area (TPSA) is 124 Å². The van der Waals surface area contributed by atoms with Gasteiger partial charge in [0.2, 0.25) is 6.79 Å². The summed E-state index contributed by atoms with van der Waals surface area (Å²) in [5, 5.41) is 19.2. The Morgan fingerprint density at radius 2 is 1.63 bits per heavy atom. The zero-order valence-electron chi connectivity index (χ0n) is 20.9. The van der Waals surface area contributed by atoms with Gasteiger partial charge in [-0.05, 0) is 60.0 Å². The fourth-order valence-corrected chi connectivity index (χ4v) is 5.07. The summed E-state index contributed by atoms with van der Waals surface area (Å²) in [7, 11) is 1.50. The third-order valence-electron chi connectivity index (χ3n) is 6.52. The number of carboxylic acids is 2. The quantitative estimate of drug-likeness (QED) is 0.406. The Kier molecular flexibility index (Phi) is 6.97. The molecule has 0 bridgehead atoms. The van der Waals surface area contributed by atoms with E-state index in [2.05, 4.69) is 0 Å². The smallest absolute Gasteiger partial charge is 0.341 e. The lowest BCUT2D eigenvalue weighted by Gasteiger charge is -2.31. The van der Waals surface area contributed by atoms with Crippen LogP contribution in [-0.2, 0) is 9.59 Å². The van der Waals surface area contributed by atoms with E-state index in [1.807, 2.05) is 48.2 Å². The third kappa shape index (κ3) is 4.78. The SMILES string of the molecule is CCOc1ccc2c(c1)[C@H](c1ccc(OC)cc1OCC(=O)O)N(CC(=O)O)[C@@H]2c1ccc2c(c1)OCO2. The van der Waals surface area contributed by atoms with Crippen molar-refractivity contribution in [3.05, 3.63) is 76.9 Å². The molecule has 198 valence electrons. The molecule has 3 aromatic rings. The number of carbonyl (C=O) groups is 2. The van der Waals surface area contributed by atoms with Crippen molar-refractivity contribution in [2.45, 2.75) is 19.0 Å². The van der Waals surface area contributed by atoms with Crippen LogP contribution in [0.5, 0.6) is 28.7 Å². The second-order valence-electron chi connectivity index (χ2n) is 8.79. The molecule has 2 N–H and O–H groups in total. The van der Waals surface area contributed by atoms with Crippen molar-refractivity contribution in [1.29, 1.82) is 0 Å². The molecular weight excluding hydrogens is 494 g/mol. The Morgan fingerprint density at radius 1 is 0.868 bits per heavy atom. The van der Waals surface area contributed by atoms with Crippen LogP contribution in [0.1, 0.15) is 41.3 Å². The molecule has 10 heteroatoms. The monoisotopic (exact) mass is 521 g/mol. The van der Waals surface area contributed by atoms with E-state index in [9.17, 15) is 19.8 Å². The first-order valence-corrected chi connectivity index (χ1v) is 12.1. The van der Waals surface area contributed by atoms with Crippen LogP contribution in [-0.4, -0.2) is 60.7 Å². The zero-order chi connectivity index (χ0) is 26.8. The van der Waals surface area contributed by atoms with Crippen LogP contribution in [0.4, 0.5) is 0 Å². The van der Waals surface area contributed by atoms with Crippen LogP contribution < -0.4 is 23.7 Å². The van der Waals surface area contributed by atoms with Crippen molar-refractivity contribution in [3.8, 4) is 28.7 Å². The van der Waals surface area contributed by atoms with Gasteiger partial charge in [-0.25, -0.2) is 4.79 Å². The molecular formula is C28H27NO9. The maximum absolute atomic E-state index is 12.2. The van der Waals surface area contributed by atoms with Crippen molar-refractivity contribution in [1.82, 2.24) is 4.90 Å². The molecule has 2 aliphatic rings. The van der Waals surface area contributed by atoms with Crippen LogP contribution in [0.25, 0.3) is 0 Å². The van der Waals surface area contributed by atoms with Gasteiger partial charge in [-0.2, -0.15) is 0 Å². The first-order valence-electron chi connectivity index (χ1n) is 12.1. The Balaban J connectivity index is 1.70. The van der Waals surface area contributed by atoms with E-state index in [-0.39, 0.29) is 19.1 Å². The molecule has 0 unspecified atom stereocenters. The Morgan fingerprint density at radius 3 is 2.37 bits per heavy atom. The van der Waals surface area contributed by atoms with Crippen LogP contribution in [0.2, 0.25) is 0 Å². The average molecular weight is 522 g/mol. The predicted molar refractivity (Wildman–Crippen MR) is 134 cm³/mol. The molecule has 3 aromatic carbocycles. The molecule has 0 fully saturated rings. The van der Waals surface area contributed by atoms with Crippen molar-refractivity contribution in [2.24, 2.45) is 0 Å². The van der Waals surface area contributed by atoms with E-state index in [0.29, 0.717) is 35.2 Å². The molecule has 0 aromatic heterocycles. The molecule has 5 rings (SSSR count).